The summed E-state index contributed by atoms with van der Waals surface area (Å²) in [7, 11) is -3.55. The molecule has 1 saturated heterocycles. The van der Waals surface area contributed by atoms with Crippen molar-refractivity contribution in [2.24, 2.45) is 0 Å². The number of likely N-dealkylation sites (tertiary alicyclic amines) is 1. The molecule has 1 fully saturated rings. The van der Waals surface area contributed by atoms with Crippen molar-refractivity contribution in [1.82, 2.24) is 9.62 Å². The minimum absolute atomic E-state index is 0.00841. The Bertz CT molecular complexity index is 650. The third-order valence-corrected chi connectivity index (χ3v) is 5.01. The molecule has 0 aromatic heterocycles. The molecular formula is C16H21ClN2O3S. The molecule has 0 atom stereocenters. The van der Waals surface area contributed by atoms with Crippen molar-refractivity contribution in [2.75, 3.05) is 19.6 Å². The second kappa shape index (κ2) is 8.47. The second-order valence-corrected chi connectivity index (χ2v) is 7.57. The van der Waals surface area contributed by atoms with Crippen LogP contribution in [-0.2, 0) is 14.8 Å². The molecule has 7 heteroatoms. The van der Waals surface area contributed by atoms with E-state index < -0.39 is 10.0 Å². The van der Waals surface area contributed by atoms with Gasteiger partial charge in [-0.1, -0.05) is 23.7 Å². The lowest BCUT2D eigenvalue weighted by molar-refractivity contribution is -0.131. The Morgan fingerprint density at radius 2 is 1.83 bits per heavy atom. The van der Waals surface area contributed by atoms with E-state index >= 15 is 0 Å². The Kier molecular flexibility index (Phi) is 6.62. The van der Waals surface area contributed by atoms with E-state index in [1.807, 2.05) is 0 Å². The Balaban J connectivity index is 1.79. The fourth-order valence-corrected chi connectivity index (χ4v) is 3.34. The molecule has 1 aliphatic heterocycles. The van der Waals surface area contributed by atoms with E-state index in [9.17, 15) is 13.2 Å². The average Bonchev–Trinajstić information content (AvgIpc) is 2.55. The van der Waals surface area contributed by atoms with E-state index in [4.69, 9.17) is 11.6 Å². The van der Waals surface area contributed by atoms with Crippen LogP contribution in [0, 0.1) is 0 Å². The summed E-state index contributed by atoms with van der Waals surface area (Å²) in [4.78, 5) is 13.8. The number of carbonyl (C=O) groups is 1. The molecule has 1 amide bonds. The molecule has 1 aromatic rings. The Morgan fingerprint density at radius 1 is 1.17 bits per heavy atom. The lowest BCUT2D eigenvalue weighted by Gasteiger charge is -2.26. The molecule has 0 aliphatic carbocycles. The van der Waals surface area contributed by atoms with Gasteiger partial charge in [0.25, 0.3) is 0 Å². The number of nitrogens with zero attached hydrogens (tertiary/aromatic N) is 1. The van der Waals surface area contributed by atoms with Crippen LogP contribution in [0.3, 0.4) is 0 Å². The van der Waals surface area contributed by atoms with Crippen LogP contribution in [0.4, 0.5) is 0 Å². The largest absolute Gasteiger partial charge is 0.343 e. The first kappa shape index (κ1) is 18.0. The molecule has 1 aromatic carbocycles. The Labute approximate surface area is 142 Å². The van der Waals surface area contributed by atoms with Gasteiger partial charge in [-0.3, -0.25) is 4.79 Å². The fraction of sp³-hybridized carbons (Fsp3) is 0.438. The Hall–Kier alpha value is -1.37. The van der Waals surface area contributed by atoms with E-state index in [0.29, 0.717) is 5.02 Å². The zero-order valence-electron chi connectivity index (χ0n) is 12.9. The average molecular weight is 357 g/mol. The molecule has 2 rings (SSSR count). The molecule has 0 bridgehead atoms. The van der Waals surface area contributed by atoms with Crippen molar-refractivity contribution < 1.29 is 13.2 Å². The molecule has 1 N–H and O–H groups in total. The number of amides is 1. The van der Waals surface area contributed by atoms with Gasteiger partial charge in [-0.25, -0.2) is 13.1 Å². The summed E-state index contributed by atoms with van der Waals surface area (Å²) in [5.41, 5.74) is 0.740. The molecule has 0 unspecified atom stereocenters. The van der Waals surface area contributed by atoms with Crippen LogP contribution in [0.25, 0.3) is 6.08 Å². The molecular weight excluding hydrogens is 336 g/mol. The molecule has 1 aliphatic rings. The van der Waals surface area contributed by atoms with Crippen molar-refractivity contribution in [1.29, 1.82) is 0 Å². The first-order valence-corrected chi connectivity index (χ1v) is 9.60. The lowest BCUT2D eigenvalue weighted by atomic mass is 10.1. The Morgan fingerprint density at radius 3 is 2.48 bits per heavy atom. The normalized spacial score (nSPS) is 16.0. The van der Waals surface area contributed by atoms with Gasteiger partial charge in [-0.05, 0) is 43.0 Å². The van der Waals surface area contributed by atoms with E-state index in [2.05, 4.69) is 4.72 Å². The minimum atomic E-state index is -3.55. The van der Waals surface area contributed by atoms with Gasteiger partial charge in [0.2, 0.25) is 15.9 Å². The summed E-state index contributed by atoms with van der Waals surface area (Å²) < 4.78 is 26.2. The van der Waals surface area contributed by atoms with Crippen LogP contribution in [0.15, 0.2) is 29.7 Å². The number of nitrogens with one attached hydrogen (secondary N) is 1. The van der Waals surface area contributed by atoms with Crippen LogP contribution in [0.5, 0.6) is 0 Å². The smallest absolute Gasteiger partial charge is 0.233 e. The van der Waals surface area contributed by atoms with Gasteiger partial charge in [-0.15, -0.1) is 0 Å². The maximum atomic E-state index is 12.0. The molecule has 126 valence electrons. The minimum Gasteiger partial charge on any atom is -0.343 e. The molecule has 0 saturated carbocycles. The van der Waals surface area contributed by atoms with Crippen LogP contribution < -0.4 is 4.72 Å². The van der Waals surface area contributed by atoms with E-state index in [-0.39, 0.29) is 18.9 Å². The molecule has 0 radical (unpaired) electrons. The van der Waals surface area contributed by atoms with Gasteiger partial charge in [0.15, 0.2) is 0 Å². The monoisotopic (exact) mass is 356 g/mol. The number of hydrogen-bond acceptors (Lipinski definition) is 3. The lowest BCUT2D eigenvalue weighted by Crippen LogP contribution is -2.37. The van der Waals surface area contributed by atoms with Gasteiger partial charge < -0.3 is 4.90 Å². The first-order chi connectivity index (χ1) is 11.0. The molecule has 5 nitrogen and oxygen atoms in total. The second-order valence-electron chi connectivity index (χ2n) is 5.49. The van der Waals surface area contributed by atoms with Gasteiger partial charge in [0, 0.05) is 36.5 Å². The number of rotatable bonds is 6. The van der Waals surface area contributed by atoms with Crippen molar-refractivity contribution in [2.45, 2.75) is 25.7 Å². The molecule has 23 heavy (non-hydrogen) atoms. The number of halogens is 1. The van der Waals surface area contributed by atoms with E-state index in [1.54, 1.807) is 29.2 Å². The zero-order valence-corrected chi connectivity index (χ0v) is 14.4. The summed E-state index contributed by atoms with van der Waals surface area (Å²) in [5.74, 6) is 0.00841. The standard InChI is InChI=1S/C16H21ClN2O3S/c17-15-6-4-14(5-7-15)9-13-23(21,22)18-10-8-16(20)19-11-2-1-3-12-19/h4-7,9,13,18H,1-3,8,10-12H2/b13-9+. The molecule has 1 heterocycles. The van der Waals surface area contributed by atoms with Crippen molar-refractivity contribution in [3.05, 3.63) is 40.3 Å². The van der Waals surface area contributed by atoms with Crippen molar-refractivity contribution in [3.63, 3.8) is 0 Å². The number of carbonyl (C=O) groups excluding carboxylic acids is 1. The summed E-state index contributed by atoms with van der Waals surface area (Å²) in [6, 6.07) is 6.85. The van der Waals surface area contributed by atoms with Gasteiger partial charge in [0.05, 0.1) is 0 Å². The highest BCUT2D eigenvalue weighted by molar-refractivity contribution is 7.92. The summed E-state index contributed by atoms with van der Waals surface area (Å²) in [6.45, 7) is 1.67. The van der Waals surface area contributed by atoms with Gasteiger partial charge >= 0.3 is 0 Å². The predicted octanol–water partition coefficient (Wildman–Crippen LogP) is 2.63. The number of benzene rings is 1. The van der Waals surface area contributed by atoms with Crippen LogP contribution in [0.1, 0.15) is 31.2 Å². The van der Waals surface area contributed by atoms with E-state index in [0.717, 1.165) is 43.3 Å². The quantitative estimate of drug-likeness (QED) is 0.852. The highest BCUT2D eigenvalue weighted by Gasteiger charge is 2.16. The maximum absolute atomic E-state index is 12.0. The summed E-state index contributed by atoms with van der Waals surface area (Å²) in [5, 5.41) is 1.70. The zero-order chi connectivity index (χ0) is 16.7. The first-order valence-electron chi connectivity index (χ1n) is 7.67. The molecule has 0 spiro atoms. The maximum Gasteiger partial charge on any atom is 0.233 e. The fourth-order valence-electron chi connectivity index (χ4n) is 2.39. The predicted molar refractivity (Wildman–Crippen MR) is 92.5 cm³/mol. The van der Waals surface area contributed by atoms with Crippen LogP contribution in [0.2, 0.25) is 5.02 Å². The summed E-state index contributed by atoms with van der Waals surface area (Å²) >= 11 is 5.77. The number of hydrogen-bond donors (Lipinski definition) is 1. The number of piperidine rings is 1. The van der Waals surface area contributed by atoms with Crippen molar-refractivity contribution in [3.8, 4) is 0 Å². The highest BCUT2D eigenvalue weighted by atomic mass is 35.5. The third kappa shape index (κ3) is 6.33. The van der Waals surface area contributed by atoms with Gasteiger partial charge in [-0.2, -0.15) is 0 Å². The highest BCUT2D eigenvalue weighted by Crippen LogP contribution is 2.11. The van der Waals surface area contributed by atoms with Crippen LogP contribution in [-0.4, -0.2) is 38.9 Å². The topological polar surface area (TPSA) is 66.5 Å². The van der Waals surface area contributed by atoms with Crippen LogP contribution >= 0.6 is 11.6 Å². The third-order valence-electron chi connectivity index (χ3n) is 3.66. The van der Waals surface area contributed by atoms with Gasteiger partial charge in [0.1, 0.15) is 0 Å². The SMILES string of the molecule is O=C(CCNS(=O)(=O)/C=C/c1ccc(Cl)cc1)N1CCCCC1. The van der Waals surface area contributed by atoms with E-state index in [1.165, 1.54) is 6.08 Å². The summed E-state index contributed by atoms with van der Waals surface area (Å²) in [6.07, 6.45) is 4.90. The number of sulfonamides is 1. The van der Waals surface area contributed by atoms with Crippen molar-refractivity contribution >= 4 is 33.6 Å².